The number of carbonyl (C=O) groups is 2. The number of urea groups is 1. The second kappa shape index (κ2) is 8.39. The van der Waals surface area contributed by atoms with Crippen LogP contribution in [-0.4, -0.2) is 29.2 Å². The van der Waals surface area contributed by atoms with E-state index in [0.717, 1.165) is 35.9 Å². The van der Waals surface area contributed by atoms with Crippen LogP contribution in [0.5, 0.6) is 0 Å². The Labute approximate surface area is 169 Å². The maximum atomic E-state index is 12.4. The van der Waals surface area contributed by atoms with Crippen molar-refractivity contribution >= 4 is 28.6 Å². The molecule has 2 amide bonds. The Morgan fingerprint density at radius 2 is 1.86 bits per heavy atom. The quantitative estimate of drug-likeness (QED) is 0.648. The highest BCUT2D eigenvalue weighted by Gasteiger charge is 2.27. The summed E-state index contributed by atoms with van der Waals surface area (Å²) in [4.78, 5) is 24.5. The molecule has 1 heterocycles. The van der Waals surface area contributed by atoms with Crippen molar-refractivity contribution in [2.75, 3.05) is 11.9 Å². The highest BCUT2D eigenvalue weighted by atomic mass is 16.5. The largest absolute Gasteiger partial charge is 0.465 e. The summed E-state index contributed by atoms with van der Waals surface area (Å²) >= 11 is 0. The van der Waals surface area contributed by atoms with E-state index in [1.165, 1.54) is 11.3 Å². The molecule has 0 spiro atoms. The first-order valence-electron chi connectivity index (χ1n) is 10.0. The third kappa shape index (κ3) is 4.11. The number of fused-ring (bicyclic) bond motifs is 3. The number of hydrogen-bond donors (Lipinski definition) is 2. The zero-order valence-electron chi connectivity index (χ0n) is 16.5. The van der Waals surface area contributed by atoms with Crippen molar-refractivity contribution in [3.8, 4) is 0 Å². The van der Waals surface area contributed by atoms with E-state index in [-0.39, 0.29) is 24.6 Å². The number of amides is 2. The smallest absolute Gasteiger partial charge is 0.325 e. The van der Waals surface area contributed by atoms with Gasteiger partial charge in [0.2, 0.25) is 0 Å². The van der Waals surface area contributed by atoms with Crippen LogP contribution in [0.1, 0.15) is 24.6 Å². The molecular formula is C23H25N3O3. The zero-order chi connectivity index (χ0) is 20.2. The van der Waals surface area contributed by atoms with Gasteiger partial charge in [0.25, 0.3) is 0 Å². The van der Waals surface area contributed by atoms with Gasteiger partial charge in [-0.2, -0.15) is 0 Å². The minimum Gasteiger partial charge on any atom is -0.465 e. The number of hydrogen-bond acceptors (Lipinski definition) is 3. The first kappa shape index (κ1) is 19.1. The third-order valence-electron chi connectivity index (χ3n) is 5.33. The molecule has 0 unspecified atom stereocenters. The first-order valence-corrected chi connectivity index (χ1v) is 10.0. The van der Waals surface area contributed by atoms with Crippen molar-refractivity contribution < 1.29 is 14.3 Å². The van der Waals surface area contributed by atoms with Gasteiger partial charge in [0.1, 0.15) is 6.54 Å². The number of para-hydroxylation sites is 2. The number of nitrogens with zero attached hydrogens (tertiary/aromatic N) is 1. The molecule has 0 radical (unpaired) electrons. The number of anilines is 1. The van der Waals surface area contributed by atoms with E-state index in [1.807, 2.05) is 55.5 Å². The van der Waals surface area contributed by atoms with Crippen molar-refractivity contribution in [3.05, 3.63) is 65.9 Å². The topological polar surface area (TPSA) is 72.4 Å². The molecule has 150 valence electrons. The number of nitrogens with one attached hydrogen (secondary N) is 2. The van der Waals surface area contributed by atoms with Crippen LogP contribution in [0.3, 0.4) is 0 Å². The summed E-state index contributed by atoms with van der Waals surface area (Å²) in [5.41, 5.74) is 4.19. The number of carbonyl (C=O) groups excluding carboxylic acids is 2. The molecule has 4 rings (SSSR count). The van der Waals surface area contributed by atoms with Crippen molar-refractivity contribution in [2.24, 2.45) is 0 Å². The van der Waals surface area contributed by atoms with Crippen LogP contribution >= 0.6 is 0 Å². The SMILES string of the molecule is CCOC(=O)Cn1c2c(c3ccccc31)C[C@@H](NC(=O)Nc1ccccc1)CC2. The van der Waals surface area contributed by atoms with Gasteiger partial charge in [-0.3, -0.25) is 4.79 Å². The molecule has 6 nitrogen and oxygen atoms in total. The fourth-order valence-corrected chi connectivity index (χ4v) is 4.11. The van der Waals surface area contributed by atoms with E-state index in [2.05, 4.69) is 21.3 Å². The van der Waals surface area contributed by atoms with Gasteiger partial charge in [-0.15, -0.1) is 0 Å². The van der Waals surface area contributed by atoms with Crippen LogP contribution in [0.25, 0.3) is 10.9 Å². The van der Waals surface area contributed by atoms with Crippen LogP contribution in [-0.2, 0) is 28.9 Å². The van der Waals surface area contributed by atoms with Crippen LogP contribution in [0.15, 0.2) is 54.6 Å². The van der Waals surface area contributed by atoms with Gasteiger partial charge in [-0.1, -0.05) is 36.4 Å². The second-order valence-corrected chi connectivity index (χ2v) is 7.24. The number of benzene rings is 2. The first-order chi connectivity index (χ1) is 14.2. The van der Waals surface area contributed by atoms with E-state index in [0.29, 0.717) is 6.61 Å². The molecule has 0 bridgehead atoms. The molecule has 29 heavy (non-hydrogen) atoms. The Morgan fingerprint density at radius 3 is 2.66 bits per heavy atom. The van der Waals surface area contributed by atoms with E-state index in [1.54, 1.807) is 0 Å². The molecule has 6 heteroatoms. The van der Waals surface area contributed by atoms with Crippen molar-refractivity contribution in [2.45, 2.75) is 38.8 Å². The molecule has 1 aliphatic carbocycles. The predicted octanol–water partition coefficient (Wildman–Crippen LogP) is 3.88. The Balaban J connectivity index is 1.53. The lowest BCUT2D eigenvalue weighted by Gasteiger charge is -2.25. The van der Waals surface area contributed by atoms with Crippen molar-refractivity contribution in [3.63, 3.8) is 0 Å². The van der Waals surface area contributed by atoms with Gasteiger partial charge in [0, 0.05) is 28.3 Å². The molecule has 1 atom stereocenters. The number of rotatable bonds is 5. The van der Waals surface area contributed by atoms with Gasteiger partial charge >= 0.3 is 12.0 Å². The summed E-state index contributed by atoms with van der Waals surface area (Å²) in [5, 5.41) is 7.11. The van der Waals surface area contributed by atoms with Crippen LogP contribution in [0.4, 0.5) is 10.5 Å². The summed E-state index contributed by atoms with van der Waals surface area (Å²) in [6, 6.07) is 17.4. The lowest BCUT2D eigenvalue weighted by molar-refractivity contribution is -0.143. The molecular weight excluding hydrogens is 366 g/mol. The molecule has 0 aliphatic heterocycles. The molecule has 1 aromatic heterocycles. The van der Waals surface area contributed by atoms with Crippen molar-refractivity contribution in [1.82, 2.24) is 9.88 Å². The molecule has 0 saturated carbocycles. The normalized spacial score (nSPS) is 15.6. The Morgan fingerprint density at radius 1 is 1.10 bits per heavy atom. The fraction of sp³-hybridized carbons (Fsp3) is 0.304. The summed E-state index contributed by atoms with van der Waals surface area (Å²) in [7, 11) is 0. The molecule has 2 N–H and O–H groups in total. The van der Waals surface area contributed by atoms with Gasteiger partial charge in [-0.25, -0.2) is 4.79 Å². The van der Waals surface area contributed by atoms with E-state index in [4.69, 9.17) is 4.74 Å². The molecule has 1 aliphatic rings. The lowest BCUT2D eigenvalue weighted by Crippen LogP contribution is -2.41. The van der Waals surface area contributed by atoms with E-state index in [9.17, 15) is 9.59 Å². The number of aromatic nitrogens is 1. The summed E-state index contributed by atoms with van der Waals surface area (Å²) in [6.07, 6.45) is 2.38. The highest BCUT2D eigenvalue weighted by Crippen LogP contribution is 2.32. The number of esters is 1. The summed E-state index contributed by atoms with van der Waals surface area (Å²) < 4.78 is 7.23. The predicted molar refractivity (Wildman–Crippen MR) is 113 cm³/mol. The molecule has 0 fully saturated rings. The molecule has 3 aromatic rings. The second-order valence-electron chi connectivity index (χ2n) is 7.24. The van der Waals surface area contributed by atoms with Gasteiger partial charge in [-0.05, 0) is 49.9 Å². The van der Waals surface area contributed by atoms with E-state index >= 15 is 0 Å². The maximum absolute atomic E-state index is 12.4. The number of ether oxygens (including phenoxy) is 1. The zero-order valence-corrected chi connectivity index (χ0v) is 16.5. The van der Waals surface area contributed by atoms with Crippen molar-refractivity contribution in [1.29, 1.82) is 0 Å². The maximum Gasteiger partial charge on any atom is 0.325 e. The Kier molecular flexibility index (Phi) is 5.51. The van der Waals surface area contributed by atoms with Gasteiger partial charge in [0.05, 0.1) is 6.61 Å². The van der Waals surface area contributed by atoms with Crippen LogP contribution in [0.2, 0.25) is 0 Å². The van der Waals surface area contributed by atoms with Crippen LogP contribution < -0.4 is 10.6 Å². The molecule has 0 saturated heterocycles. The summed E-state index contributed by atoms with van der Waals surface area (Å²) in [6.45, 7) is 2.41. The fourth-order valence-electron chi connectivity index (χ4n) is 4.11. The average Bonchev–Trinajstić information content (AvgIpc) is 3.02. The third-order valence-corrected chi connectivity index (χ3v) is 5.33. The standard InChI is InChI=1S/C23H25N3O3/c1-2-29-22(27)15-26-20-11-7-6-10-18(20)19-14-17(12-13-21(19)26)25-23(28)24-16-8-4-3-5-9-16/h3-11,17H,2,12-15H2,1H3,(H2,24,25,28)/t17-/m0/s1. The highest BCUT2D eigenvalue weighted by molar-refractivity contribution is 5.90. The lowest BCUT2D eigenvalue weighted by atomic mass is 9.91. The van der Waals surface area contributed by atoms with Crippen LogP contribution in [0, 0.1) is 0 Å². The minimum absolute atomic E-state index is 0.0491. The van der Waals surface area contributed by atoms with Gasteiger partial charge < -0.3 is 19.9 Å². The Hall–Kier alpha value is -3.28. The summed E-state index contributed by atoms with van der Waals surface area (Å²) in [5.74, 6) is -0.224. The Bertz CT molecular complexity index is 1030. The monoisotopic (exact) mass is 391 g/mol. The average molecular weight is 391 g/mol. The van der Waals surface area contributed by atoms with Gasteiger partial charge in [0.15, 0.2) is 0 Å². The van der Waals surface area contributed by atoms with E-state index < -0.39 is 0 Å². The minimum atomic E-state index is -0.224. The molecule has 2 aromatic carbocycles.